The van der Waals surface area contributed by atoms with E-state index in [4.69, 9.17) is 11.6 Å². The molecule has 0 aromatic carbocycles. The molecule has 0 unspecified atom stereocenters. The van der Waals surface area contributed by atoms with Crippen molar-refractivity contribution in [1.29, 1.82) is 0 Å². The highest BCUT2D eigenvalue weighted by molar-refractivity contribution is 6.30. The van der Waals surface area contributed by atoms with Gasteiger partial charge < -0.3 is 0 Å². The first-order valence-electron chi connectivity index (χ1n) is 6.41. The third kappa shape index (κ3) is 2.85. The zero-order valence-corrected chi connectivity index (χ0v) is 12.4. The van der Waals surface area contributed by atoms with E-state index in [9.17, 15) is 9.59 Å². The van der Waals surface area contributed by atoms with E-state index < -0.39 is 5.69 Å². The second-order valence-corrected chi connectivity index (χ2v) is 5.43. The van der Waals surface area contributed by atoms with E-state index >= 15 is 0 Å². The molecule has 0 bridgehead atoms. The van der Waals surface area contributed by atoms with Crippen molar-refractivity contribution < 1.29 is 0 Å². The van der Waals surface area contributed by atoms with E-state index in [-0.39, 0.29) is 23.2 Å². The summed E-state index contributed by atoms with van der Waals surface area (Å²) in [5.74, 6) is -0.0509. The number of rotatable bonds is 4. The average Bonchev–Trinajstić information content (AvgIpc) is 2.73. The lowest BCUT2D eigenvalue weighted by Gasteiger charge is -2.11. The molecule has 2 aromatic heterocycles. The van der Waals surface area contributed by atoms with Gasteiger partial charge in [-0.15, -0.1) is 0 Å². The van der Waals surface area contributed by atoms with Gasteiger partial charge in [0.05, 0.1) is 24.8 Å². The smallest absolute Gasteiger partial charge is 0.297 e. The summed E-state index contributed by atoms with van der Waals surface area (Å²) in [4.78, 5) is 26.7. The molecule has 6 nitrogen and oxygen atoms in total. The molecule has 20 heavy (non-hydrogen) atoms. The van der Waals surface area contributed by atoms with E-state index in [2.05, 4.69) is 10.1 Å². The van der Waals surface area contributed by atoms with Crippen molar-refractivity contribution in [3.05, 3.63) is 49.5 Å². The summed E-state index contributed by atoms with van der Waals surface area (Å²) >= 11 is 5.94. The van der Waals surface area contributed by atoms with Gasteiger partial charge in [-0.1, -0.05) is 25.4 Å². The number of hydrogen-bond acceptors (Lipinski definition) is 3. The zero-order valence-electron chi connectivity index (χ0n) is 11.7. The Morgan fingerprint density at radius 2 is 2.05 bits per heavy atom. The van der Waals surface area contributed by atoms with Crippen LogP contribution in [-0.2, 0) is 13.1 Å². The maximum absolute atomic E-state index is 12.3. The fourth-order valence-corrected chi connectivity index (χ4v) is 2.44. The summed E-state index contributed by atoms with van der Waals surface area (Å²) in [6, 6.07) is 0. The van der Waals surface area contributed by atoms with Gasteiger partial charge in [-0.25, -0.2) is 4.79 Å². The second kappa shape index (κ2) is 5.66. The van der Waals surface area contributed by atoms with Gasteiger partial charge in [0.2, 0.25) is 0 Å². The van der Waals surface area contributed by atoms with Crippen molar-refractivity contribution in [3.63, 3.8) is 0 Å². The lowest BCUT2D eigenvalue weighted by atomic mass is 10.1. The van der Waals surface area contributed by atoms with Gasteiger partial charge in [-0.05, 0) is 18.4 Å². The summed E-state index contributed by atoms with van der Waals surface area (Å²) in [7, 11) is 0. The van der Waals surface area contributed by atoms with Crippen molar-refractivity contribution in [2.75, 3.05) is 0 Å². The minimum Gasteiger partial charge on any atom is -0.297 e. The molecule has 0 fully saturated rings. The summed E-state index contributed by atoms with van der Waals surface area (Å²) in [6.07, 6.45) is 3.59. The van der Waals surface area contributed by atoms with Crippen LogP contribution in [0.25, 0.3) is 0 Å². The molecule has 0 aliphatic heterocycles. The first-order valence-corrected chi connectivity index (χ1v) is 6.79. The van der Waals surface area contributed by atoms with Crippen molar-refractivity contribution >= 4 is 11.6 Å². The molecule has 0 aliphatic carbocycles. The van der Waals surface area contributed by atoms with Crippen LogP contribution in [0.5, 0.6) is 0 Å². The van der Waals surface area contributed by atoms with Crippen molar-refractivity contribution in [2.45, 2.75) is 39.8 Å². The highest BCUT2D eigenvalue weighted by Crippen LogP contribution is 2.16. The number of aromatic nitrogens is 4. The van der Waals surface area contributed by atoms with Gasteiger partial charge in [0.25, 0.3) is 5.56 Å². The van der Waals surface area contributed by atoms with Crippen LogP contribution in [0.2, 0.25) is 5.15 Å². The van der Waals surface area contributed by atoms with Gasteiger partial charge >= 0.3 is 5.69 Å². The lowest BCUT2D eigenvalue weighted by Crippen LogP contribution is -2.38. The number of hydrogen-bond donors (Lipinski definition) is 1. The van der Waals surface area contributed by atoms with Crippen molar-refractivity contribution in [1.82, 2.24) is 19.3 Å². The Balaban J connectivity index is 2.34. The van der Waals surface area contributed by atoms with Crippen molar-refractivity contribution in [3.8, 4) is 0 Å². The number of nitrogens with one attached hydrogen (secondary N) is 1. The molecule has 1 N–H and O–H groups in total. The fourth-order valence-electron chi connectivity index (χ4n) is 2.06. The maximum atomic E-state index is 12.3. The van der Waals surface area contributed by atoms with Crippen molar-refractivity contribution in [2.24, 2.45) is 0 Å². The van der Waals surface area contributed by atoms with Gasteiger partial charge in [0, 0.05) is 6.20 Å². The first kappa shape index (κ1) is 14.6. The number of aryl methyl sites for hydroxylation is 2. The third-order valence-corrected chi connectivity index (χ3v) is 3.36. The van der Waals surface area contributed by atoms with E-state index in [1.165, 1.54) is 0 Å². The van der Waals surface area contributed by atoms with Crippen LogP contribution in [0.4, 0.5) is 0 Å². The number of nitrogens with zero attached hydrogens (tertiary/aromatic N) is 3. The molecule has 0 saturated carbocycles. The molecular weight excluding hydrogens is 280 g/mol. The lowest BCUT2D eigenvalue weighted by molar-refractivity contribution is 0.503. The highest BCUT2D eigenvalue weighted by atomic mass is 35.5. The Kier molecular flexibility index (Phi) is 4.13. The third-order valence-electron chi connectivity index (χ3n) is 3.07. The van der Waals surface area contributed by atoms with Crippen LogP contribution >= 0.6 is 11.6 Å². The molecule has 108 valence electrons. The SMILES string of the molecule is Cc1cnn(CCn2c(=O)[nH]c(Cl)c(C(C)C)c2=O)c1. The molecule has 0 amide bonds. The molecule has 2 rings (SSSR count). The Hall–Kier alpha value is -1.82. The van der Waals surface area contributed by atoms with Crippen LogP contribution < -0.4 is 11.2 Å². The number of aromatic amines is 1. The van der Waals surface area contributed by atoms with Gasteiger partial charge in [-0.2, -0.15) is 5.10 Å². The molecule has 0 saturated heterocycles. The minimum atomic E-state index is -0.492. The largest absolute Gasteiger partial charge is 0.329 e. The monoisotopic (exact) mass is 296 g/mol. The fraction of sp³-hybridized carbons (Fsp3) is 0.462. The molecule has 0 aliphatic rings. The standard InChI is InChI=1S/C13H17ClN4O2/c1-8(2)10-11(14)16-13(20)18(12(10)19)5-4-17-7-9(3)6-15-17/h6-8H,4-5H2,1-3H3,(H,16,20). The molecular formula is C13H17ClN4O2. The highest BCUT2D eigenvalue weighted by Gasteiger charge is 2.15. The first-order chi connectivity index (χ1) is 9.40. The average molecular weight is 297 g/mol. The molecule has 2 aromatic rings. The Morgan fingerprint density at radius 1 is 1.35 bits per heavy atom. The van der Waals surface area contributed by atoms with E-state index in [0.717, 1.165) is 10.1 Å². The molecule has 0 atom stereocenters. The topological polar surface area (TPSA) is 72.7 Å². The van der Waals surface area contributed by atoms with E-state index in [1.807, 2.05) is 27.0 Å². The van der Waals surface area contributed by atoms with E-state index in [1.54, 1.807) is 10.9 Å². The van der Waals surface area contributed by atoms with Crippen LogP contribution in [0.3, 0.4) is 0 Å². The van der Waals surface area contributed by atoms with Gasteiger partial charge in [-0.3, -0.25) is 19.0 Å². The predicted molar refractivity (Wildman–Crippen MR) is 77.4 cm³/mol. The van der Waals surface area contributed by atoms with E-state index in [0.29, 0.717) is 12.1 Å². The molecule has 0 spiro atoms. The summed E-state index contributed by atoms with van der Waals surface area (Å²) in [6.45, 7) is 6.37. The second-order valence-electron chi connectivity index (χ2n) is 5.05. The normalized spacial score (nSPS) is 11.2. The number of H-pyrrole nitrogens is 1. The maximum Gasteiger partial charge on any atom is 0.329 e. The predicted octanol–water partition coefficient (Wildman–Crippen LogP) is 1.52. The van der Waals surface area contributed by atoms with Crippen LogP contribution in [0.1, 0.15) is 30.9 Å². The molecule has 7 heteroatoms. The van der Waals surface area contributed by atoms with Gasteiger partial charge in [0.15, 0.2) is 0 Å². The summed E-state index contributed by atoms with van der Waals surface area (Å²) in [5, 5.41) is 4.25. The molecule has 0 radical (unpaired) electrons. The van der Waals surface area contributed by atoms with Crippen LogP contribution in [0, 0.1) is 6.92 Å². The quantitative estimate of drug-likeness (QED) is 0.869. The Bertz CT molecular complexity index is 727. The minimum absolute atomic E-state index is 0.0509. The Labute approximate surface area is 121 Å². The summed E-state index contributed by atoms with van der Waals surface area (Å²) < 4.78 is 2.86. The van der Waals surface area contributed by atoms with Gasteiger partial charge in [0.1, 0.15) is 5.15 Å². The van der Waals surface area contributed by atoms with Crippen LogP contribution in [-0.4, -0.2) is 19.3 Å². The number of halogens is 1. The molecule has 2 heterocycles. The van der Waals surface area contributed by atoms with Crippen LogP contribution in [0.15, 0.2) is 22.0 Å². The Morgan fingerprint density at radius 3 is 2.60 bits per heavy atom. The zero-order chi connectivity index (χ0) is 14.9. The summed E-state index contributed by atoms with van der Waals surface area (Å²) in [5.41, 5.74) is 0.638.